The first kappa shape index (κ1) is 8.52. The molecule has 12 heavy (non-hydrogen) atoms. The fraction of sp³-hybridized carbons (Fsp3) is 1.00. The third-order valence-electron chi connectivity index (χ3n) is 3.48. The average Bonchev–Trinajstić information content (AvgIpc) is 2.32. The van der Waals surface area contributed by atoms with Crippen LogP contribution < -0.4 is 0 Å². The molecule has 0 saturated carbocycles. The van der Waals surface area contributed by atoms with Crippen LogP contribution in [0, 0.1) is 5.92 Å². The molecule has 2 nitrogen and oxygen atoms in total. The van der Waals surface area contributed by atoms with Crippen molar-refractivity contribution in [1.29, 1.82) is 0 Å². The summed E-state index contributed by atoms with van der Waals surface area (Å²) in [5, 5.41) is 8.91. The fourth-order valence-electron chi connectivity index (χ4n) is 3.03. The van der Waals surface area contributed by atoms with E-state index in [2.05, 4.69) is 11.8 Å². The maximum Gasteiger partial charge on any atom is 0.0558 e. The minimum atomic E-state index is 0.335. The highest BCUT2D eigenvalue weighted by atomic mass is 16.3. The molecule has 3 atom stereocenters. The van der Waals surface area contributed by atoms with Crippen LogP contribution in [-0.2, 0) is 0 Å². The van der Waals surface area contributed by atoms with Crippen LogP contribution >= 0.6 is 0 Å². The summed E-state index contributed by atoms with van der Waals surface area (Å²) in [7, 11) is 0. The van der Waals surface area contributed by atoms with Gasteiger partial charge in [0.1, 0.15) is 0 Å². The van der Waals surface area contributed by atoms with Gasteiger partial charge in [0.25, 0.3) is 0 Å². The first-order chi connectivity index (χ1) is 5.81. The number of aliphatic hydroxyl groups is 1. The summed E-state index contributed by atoms with van der Waals surface area (Å²) in [4.78, 5) is 2.53. The van der Waals surface area contributed by atoms with E-state index in [1.165, 1.54) is 25.7 Å². The van der Waals surface area contributed by atoms with Crippen molar-refractivity contribution in [3.05, 3.63) is 0 Å². The van der Waals surface area contributed by atoms with E-state index >= 15 is 0 Å². The molecule has 2 aliphatic rings. The van der Waals surface area contributed by atoms with Crippen molar-refractivity contribution in [2.24, 2.45) is 5.92 Å². The van der Waals surface area contributed by atoms with Crippen molar-refractivity contribution in [2.75, 3.05) is 13.2 Å². The summed E-state index contributed by atoms with van der Waals surface area (Å²) in [5.41, 5.74) is 0. The van der Waals surface area contributed by atoms with Gasteiger partial charge in [-0.25, -0.2) is 0 Å². The van der Waals surface area contributed by atoms with Crippen LogP contribution in [0.3, 0.4) is 0 Å². The van der Waals surface area contributed by atoms with Gasteiger partial charge in [0, 0.05) is 18.6 Å². The van der Waals surface area contributed by atoms with Gasteiger partial charge in [-0.15, -0.1) is 0 Å². The zero-order chi connectivity index (χ0) is 8.55. The number of nitrogens with zero attached hydrogens (tertiary/aromatic N) is 1. The average molecular weight is 169 g/mol. The molecule has 0 radical (unpaired) electrons. The largest absolute Gasteiger partial charge is 0.395 e. The van der Waals surface area contributed by atoms with Gasteiger partial charge in [0.2, 0.25) is 0 Å². The van der Waals surface area contributed by atoms with Gasteiger partial charge in [-0.1, -0.05) is 6.92 Å². The number of fused-ring (bicyclic) bond motifs is 2. The topological polar surface area (TPSA) is 23.5 Å². The lowest BCUT2D eigenvalue weighted by molar-refractivity contribution is 0.0872. The smallest absolute Gasteiger partial charge is 0.0558 e. The van der Waals surface area contributed by atoms with E-state index in [4.69, 9.17) is 5.11 Å². The maximum atomic E-state index is 8.91. The molecule has 2 rings (SSSR count). The van der Waals surface area contributed by atoms with Crippen LogP contribution in [0.15, 0.2) is 0 Å². The van der Waals surface area contributed by atoms with Crippen molar-refractivity contribution < 1.29 is 5.11 Å². The zero-order valence-electron chi connectivity index (χ0n) is 7.87. The Balaban J connectivity index is 1.99. The Kier molecular flexibility index (Phi) is 2.37. The van der Waals surface area contributed by atoms with E-state index in [1.54, 1.807) is 0 Å². The fourth-order valence-corrected chi connectivity index (χ4v) is 3.03. The van der Waals surface area contributed by atoms with Gasteiger partial charge in [0.15, 0.2) is 0 Å². The molecule has 0 aromatic carbocycles. The summed E-state index contributed by atoms with van der Waals surface area (Å²) in [5.74, 6) is 0.914. The van der Waals surface area contributed by atoms with Gasteiger partial charge in [0.05, 0.1) is 6.61 Å². The summed E-state index contributed by atoms with van der Waals surface area (Å²) in [6.45, 7) is 3.60. The molecule has 0 aromatic heterocycles. The predicted octanol–water partition coefficient (Wildman–Crippen LogP) is 1.24. The minimum absolute atomic E-state index is 0.335. The second kappa shape index (κ2) is 3.35. The number of hydrogen-bond acceptors (Lipinski definition) is 2. The van der Waals surface area contributed by atoms with Crippen LogP contribution in [0.1, 0.15) is 32.6 Å². The van der Waals surface area contributed by atoms with E-state index < -0.39 is 0 Å². The quantitative estimate of drug-likeness (QED) is 0.672. The van der Waals surface area contributed by atoms with Crippen LogP contribution in [-0.4, -0.2) is 35.2 Å². The molecule has 0 amide bonds. The highest BCUT2D eigenvalue weighted by Gasteiger charge is 2.38. The Morgan fingerprint density at radius 2 is 1.83 bits per heavy atom. The Hall–Kier alpha value is -0.0800. The van der Waals surface area contributed by atoms with Crippen LogP contribution in [0.25, 0.3) is 0 Å². The lowest BCUT2D eigenvalue weighted by Gasteiger charge is -2.37. The monoisotopic (exact) mass is 169 g/mol. The SMILES string of the molecule is CC1C[C@H]2CC[C@@H](C1)N2CCO. The summed E-state index contributed by atoms with van der Waals surface area (Å²) < 4.78 is 0. The van der Waals surface area contributed by atoms with Gasteiger partial charge < -0.3 is 5.11 Å². The standard InChI is InChI=1S/C10H19NO/c1-8-6-9-2-3-10(7-8)11(9)4-5-12/h8-10,12H,2-7H2,1H3/t8?,9-,10+. The molecular formula is C10H19NO. The molecule has 2 fully saturated rings. The third kappa shape index (κ3) is 1.38. The van der Waals surface area contributed by atoms with E-state index in [0.717, 1.165) is 24.5 Å². The highest BCUT2D eigenvalue weighted by Crippen LogP contribution is 2.37. The number of piperidine rings is 1. The number of aliphatic hydroxyl groups excluding tert-OH is 1. The Labute approximate surface area is 74.6 Å². The molecule has 0 spiro atoms. The van der Waals surface area contributed by atoms with Crippen molar-refractivity contribution in [3.8, 4) is 0 Å². The molecule has 0 aromatic rings. The highest BCUT2D eigenvalue weighted by molar-refractivity contribution is 4.93. The van der Waals surface area contributed by atoms with Crippen LogP contribution in [0.4, 0.5) is 0 Å². The molecule has 0 aliphatic carbocycles. The number of rotatable bonds is 2. The molecule has 1 N–H and O–H groups in total. The minimum Gasteiger partial charge on any atom is -0.395 e. The Morgan fingerprint density at radius 1 is 1.25 bits per heavy atom. The van der Waals surface area contributed by atoms with Gasteiger partial charge in [-0.2, -0.15) is 0 Å². The molecule has 2 saturated heterocycles. The molecule has 2 bridgehead atoms. The van der Waals surface area contributed by atoms with Crippen molar-refractivity contribution in [2.45, 2.75) is 44.7 Å². The molecule has 1 unspecified atom stereocenters. The Bertz CT molecular complexity index is 146. The van der Waals surface area contributed by atoms with E-state index in [1.807, 2.05) is 0 Å². The normalized spacial score (nSPS) is 42.0. The number of hydrogen-bond donors (Lipinski definition) is 1. The van der Waals surface area contributed by atoms with E-state index in [9.17, 15) is 0 Å². The summed E-state index contributed by atoms with van der Waals surface area (Å²) in [6, 6.07) is 1.59. The third-order valence-corrected chi connectivity index (χ3v) is 3.48. The lowest BCUT2D eigenvalue weighted by Crippen LogP contribution is -2.43. The molecular weight excluding hydrogens is 150 g/mol. The predicted molar refractivity (Wildman–Crippen MR) is 49.0 cm³/mol. The van der Waals surface area contributed by atoms with E-state index in [-0.39, 0.29) is 0 Å². The zero-order valence-corrected chi connectivity index (χ0v) is 7.87. The van der Waals surface area contributed by atoms with Crippen LogP contribution in [0.5, 0.6) is 0 Å². The Morgan fingerprint density at radius 3 is 2.33 bits per heavy atom. The van der Waals surface area contributed by atoms with Gasteiger partial charge >= 0.3 is 0 Å². The lowest BCUT2D eigenvalue weighted by atomic mass is 9.92. The van der Waals surface area contributed by atoms with Crippen molar-refractivity contribution >= 4 is 0 Å². The second-order valence-electron chi connectivity index (χ2n) is 4.42. The van der Waals surface area contributed by atoms with Crippen molar-refractivity contribution in [1.82, 2.24) is 4.90 Å². The molecule has 2 aliphatic heterocycles. The van der Waals surface area contributed by atoms with Crippen molar-refractivity contribution in [3.63, 3.8) is 0 Å². The van der Waals surface area contributed by atoms with Gasteiger partial charge in [-0.3, -0.25) is 4.90 Å². The molecule has 70 valence electrons. The maximum absolute atomic E-state index is 8.91. The molecule has 2 heterocycles. The van der Waals surface area contributed by atoms with E-state index in [0.29, 0.717) is 6.61 Å². The first-order valence-electron chi connectivity index (χ1n) is 5.18. The van der Waals surface area contributed by atoms with Gasteiger partial charge in [-0.05, 0) is 31.6 Å². The molecule has 2 heteroatoms. The first-order valence-corrected chi connectivity index (χ1v) is 5.18. The second-order valence-corrected chi connectivity index (χ2v) is 4.42. The van der Waals surface area contributed by atoms with Crippen LogP contribution in [0.2, 0.25) is 0 Å². The summed E-state index contributed by atoms with van der Waals surface area (Å²) in [6.07, 6.45) is 5.46. The summed E-state index contributed by atoms with van der Waals surface area (Å²) >= 11 is 0.